The summed E-state index contributed by atoms with van der Waals surface area (Å²) in [4.78, 5) is 4.40. The Balaban J connectivity index is 1.93. The third-order valence-electron chi connectivity index (χ3n) is 4.43. The molecule has 1 aliphatic rings. The fraction of sp³-hybridized carbons (Fsp3) is 0.688. The molecule has 0 aliphatic heterocycles. The van der Waals surface area contributed by atoms with E-state index in [0.29, 0.717) is 6.10 Å². The predicted octanol–water partition coefficient (Wildman–Crippen LogP) is 3.69. The molecule has 0 aromatic carbocycles. The summed E-state index contributed by atoms with van der Waals surface area (Å²) in [5, 5.41) is 0. The maximum atomic E-state index is 6.04. The van der Waals surface area contributed by atoms with Gasteiger partial charge in [-0.1, -0.05) is 20.8 Å². The second-order valence-corrected chi connectivity index (χ2v) is 5.94. The van der Waals surface area contributed by atoms with Crippen molar-refractivity contribution >= 4 is 0 Å². The molecule has 3 nitrogen and oxygen atoms in total. The molecule has 1 aliphatic carbocycles. The molecule has 0 radical (unpaired) electrons. The van der Waals surface area contributed by atoms with E-state index >= 15 is 0 Å². The highest BCUT2D eigenvalue weighted by molar-refractivity contribution is 5.21. The third kappa shape index (κ3) is 3.69. The molecule has 1 saturated carbocycles. The monoisotopic (exact) mass is 262 g/mol. The van der Waals surface area contributed by atoms with Gasteiger partial charge in [0.15, 0.2) is 0 Å². The number of pyridine rings is 1. The Morgan fingerprint density at radius 2 is 2.11 bits per heavy atom. The Morgan fingerprint density at radius 1 is 1.32 bits per heavy atom. The van der Waals surface area contributed by atoms with E-state index in [4.69, 9.17) is 10.5 Å². The zero-order valence-corrected chi connectivity index (χ0v) is 12.3. The highest BCUT2D eigenvalue weighted by Gasteiger charge is 2.25. The lowest BCUT2D eigenvalue weighted by Gasteiger charge is -2.32. The van der Waals surface area contributed by atoms with Crippen LogP contribution in [0.2, 0.25) is 0 Å². The maximum Gasteiger partial charge on any atom is 0.138 e. The Hall–Kier alpha value is -1.09. The summed E-state index contributed by atoms with van der Waals surface area (Å²) in [5.41, 5.74) is 6.90. The second kappa shape index (κ2) is 6.38. The molecule has 0 bridgehead atoms. The smallest absolute Gasteiger partial charge is 0.138 e. The highest BCUT2D eigenvalue weighted by atomic mass is 16.5. The number of ether oxygens (including phenoxy) is 1. The van der Waals surface area contributed by atoms with Gasteiger partial charge in [-0.25, -0.2) is 0 Å². The maximum absolute atomic E-state index is 6.04. The van der Waals surface area contributed by atoms with Gasteiger partial charge in [-0.3, -0.25) is 4.98 Å². The summed E-state index contributed by atoms with van der Waals surface area (Å²) in [6.45, 7) is 6.73. The zero-order valence-electron chi connectivity index (χ0n) is 12.3. The molecule has 0 spiro atoms. The first-order valence-corrected chi connectivity index (χ1v) is 7.48. The fourth-order valence-corrected chi connectivity index (χ4v) is 2.69. The van der Waals surface area contributed by atoms with E-state index in [-0.39, 0.29) is 6.04 Å². The van der Waals surface area contributed by atoms with Crippen molar-refractivity contribution in [2.24, 2.45) is 17.6 Å². The SMILES string of the molecule is CC[C@@H](N)c1ccc(OC2CCC(C)C(C)C2)cn1. The van der Waals surface area contributed by atoms with Crippen LogP contribution < -0.4 is 10.5 Å². The van der Waals surface area contributed by atoms with Crippen molar-refractivity contribution in [3.05, 3.63) is 24.0 Å². The quantitative estimate of drug-likeness (QED) is 0.900. The van der Waals surface area contributed by atoms with Crippen LogP contribution in [0, 0.1) is 11.8 Å². The molecule has 2 N–H and O–H groups in total. The van der Waals surface area contributed by atoms with Gasteiger partial charge in [0, 0.05) is 6.04 Å². The van der Waals surface area contributed by atoms with Crippen molar-refractivity contribution in [3.8, 4) is 5.75 Å². The van der Waals surface area contributed by atoms with E-state index in [1.807, 2.05) is 18.3 Å². The van der Waals surface area contributed by atoms with Gasteiger partial charge >= 0.3 is 0 Å². The molecular weight excluding hydrogens is 236 g/mol. The Labute approximate surface area is 116 Å². The largest absolute Gasteiger partial charge is 0.489 e. The Morgan fingerprint density at radius 3 is 2.68 bits per heavy atom. The lowest BCUT2D eigenvalue weighted by atomic mass is 9.80. The molecule has 0 saturated heterocycles. The van der Waals surface area contributed by atoms with Crippen molar-refractivity contribution in [2.75, 3.05) is 0 Å². The van der Waals surface area contributed by atoms with E-state index in [2.05, 4.69) is 25.8 Å². The van der Waals surface area contributed by atoms with Gasteiger partial charge in [0.25, 0.3) is 0 Å². The average molecular weight is 262 g/mol. The molecule has 1 fully saturated rings. The first-order valence-electron chi connectivity index (χ1n) is 7.48. The highest BCUT2D eigenvalue weighted by Crippen LogP contribution is 2.31. The van der Waals surface area contributed by atoms with Crippen LogP contribution in [0.5, 0.6) is 5.75 Å². The van der Waals surface area contributed by atoms with Crippen molar-refractivity contribution in [1.29, 1.82) is 0 Å². The topological polar surface area (TPSA) is 48.1 Å². The normalized spacial score (nSPS) is 28.9. The van der Waals surface area contributed by atoms with Crippen LogP contribution in [0.15, 0.2) is 18.3 Å². The van der Waals surface area contributed by atoms with Crippen molar-refractivity contribution < 1.29 is 4.74 Å². The Kier molecular flexibility index (Phi) is 4.81. The van der Waals surface area contributed by atoms with Crippen molar-refractivity contribution in [1.82, 2.24) is 4.98 Å². The molecule has 19 heavy (non-hydrogen) atoms. The summed E-state index contributed by atoms with van der Waals surface area (Å²) < 4.78 is 6.04. The number of nitrogens with two attached hydrogens (primary N) is 1. The fourth-order valence-electron chi connectivity index (χ4n) is 2.69. The molecule has 106 valence electrons. The minimum Gasteiger partial charge on any atom is -0.489 e. The minimum absolute atomic E-state index is 0.0320. The van der Waals surface area contributed by atoms with Crippen molar-refractivity contribution in [2.45, 2.75) is 58.6 Å². The first kappa shape index (κ1) is 14.3. The van der Waals surface area contributed by atoms with Gasteiger partial charge in [0.2, 0.25) is 0 Å². The van der Waals surface area contributed by atoms with Crippen LogP contribution in [0.25, 0.3) is 0 Å². The summed E-state index contributed by atoms with van der Waals surface area (Å²) in [5.74, 6) is 2.45. The van der Waals surface area contributed by atoms with E-state index in [9.17, 15) is 0 Å². The van der Waals surface area contributed by atoms with E-state index in [0.717, 1.165) is 42.5 Å². The molecule has 0 amide bonds. The lowest BCUT2D eigenvalue weighted by Crippen LogP contribution is -2.28. The van der Waals surface area contributed by atoms with Gasteiger partial charge in [-0.15, -0.1) is 0 Å². The van der Waals surface area contributed by atoms with Gasteiger partial charge < -0.3 is 10.5 Å². The lowest BCUT2D eigenvalue weighted by molar-refractivity contribution is 0.100. The third-order valence-corrected chi connectivity index (χ3v) is 4.43. The van der Waals surface area contributed by atoms with Crippen LogP contribution in [0.3, 0.4) is 0 Å². The molecule has 2 rings (SSSR count). The Bertz CT molecular complexity index is 390. The summed E-state index contributed by atoms with van der Waals surface area (Å²) in [6, 6.07) is 4.02. The average Bonchev–Trinajstić information content (AvgIpc) is 2.43. The molecule has 3 unspecified atom stereocenters. The van der Waals surface area contributed by atoms with Crippen LogP contribution in [0.1, 0.15) is 58.2 Å². The molecular formula is C16H26N2O. The number of rotatable bonds is 4. The number of hydrogen-bond donors (Lipinski definition) is 1. The number of hydrogen-bond acceptors (Lipinski definition) is 3. The van der Waals surface area contributed by atoms with Crippen LogP contribution in [-0.2, 0) is 0 Å². The first-order chi connectivity index (χ1) is 9.10. The summed E-state index contributed by atoms with van der Waals surface area (Å²) in [6.07, 6.45) is 6.63. The standard InChI is InChI=1S/C16H26N2O/c1-4-15(17)16-8-7-14(10-18-16)19-13-6-5-11(2)12(3)9-13/h7-8,10-13,15H,4-6,9,17H2,1-3H3/t11?,12?,13?,15-/m1/s1. The van der Waals surface area contributed by atoms with Crippen molar-refractivity contribution in [3.63, 3.8) is 0 Å². The van der Waals surface area contributed by atoms with Crippen LogP contribution in [-0.4, -0.2) is 11.1 Å². The molecule has 4 atom stereocenters. The minimum atomic E-state index is 0.0320. The van der Waals surface area contributed by atoms with Gasteiger partial charge in [0.1, 0.15) is 5.75 Å². The second-order valence-electron chi connectivity index (χ2n) is 5.94. The number of aromatic nitrogens is 1. The van der Waals surface area contributed by atoms with Crippen LogP contribution in [0.4, 0.5) is 0 Å². The van der Waals surface area contributed by atoms with E-state index < -0.39 is 0 Å². The van der Waals surface area contributed by atoms with E-state index in [1.165, 1.54) is 6.42 Å². The molecule has 1 heterocycles. The number of nitrogens with zero attached hydrogens (tertiary/aromatic N) is 1. The van der Waals surface area contributed by atoms with Gasteiger partial charge in [-0.2, -0.15) is 0 Å². The van der Waals surface area contributed by atoms with Gasteiger partial charge in [-0.05, 0) is 49.7 Å². The molecule has 3 heteroatoms. The van der Waals surface area contributed by atoms with Gasteiger partial charge in [0.05, 0.1) is 18.0 Å². The predicted molar refractivity (Wildman–Crippen MR) is 78.1 cm³/mol. The van der Waals surface area contributed by atoms with E-state index in [1.54, 1.807) is 0 Å². The summed E-state index contributed by atoms with van der Waals surface area (Å²) >= 11 is 0. The molecule has 1 aromatic rings. The summed E-state index contributed by atoms with van der Waals surface area (Å²) in [7, 11) is 0. The van der Waals surface area contributed by atoms with Crippen LogP contribution >= 0.6 is 0 Å². The molecule has 1 aromatic heterocycles. The zero-order chi connectivity index (χ0) is 13.8.